The van der Waals surface area contributed by atoms with Gasteiger partial charge in [0.1, 0.15) is 0 Å². The number of nitrogens with zero attached hydrogens (tertiary/aromatic N) is 2. The van der Waals surface area contributed by atoms with Gasteiger partial charge in [-0.2, -0.15) is 0 Å². The summed E-state index contributed by atoms with van der Waals surface area (Å²) in [6.45, 7) is 1.19. The second-order valence-electron chi connectivity index (χ2n) is 5.85. The molecule has 0 saturated carbocycles. The number of anilines is 1. The first-order valence-corrected chi connectivity index (χ1v) is 8.48. The lowest BCUT2D eigenvalue weighted by Gasteiger charge is -2.34. The number of hydrogen-bond acceptors (Lipinski definition) is 4. The van der Waals surface area contributed by atoms with Gasteiger partial charge in [0.15, 0.2) is 11.5 Å². The summed E-state index contributed by atoms with van der Waals surface area (Å²) in [5.41, 5.74) is 1.49. The van der Waals surface area contributed by atoms with Gasteiger partial charge in [0, 0.05) is 36.4 Å². The Balaban J connectivity index is 1.76. The fourth-order valence-corrected chi connectivity index (χ4v) is 3.13. The number of carbonyl (C=O) groups excluding carboxylic acids is 2. The molecule has 7 heteroatoms. The maximum Gasteiger partial charge on any atom is 0.316 e. The molecule has 0 aliphatic carbocycles. The molecule has 1 saturated heterocycles. The van der Waals surface area contributed by atoms with Crippen molar-refractivity contribution >= 4 is 29.1 Å². The maximum absolute atomic E-state index is 12.6. The summed E-state index contributed by atoms with van der Waals surface area (Å²) in [6, 6.07) is 12.4. The van der Waals surface area contributed by atoms with Crippen molar-refractivity contribution in [3.63, 3.8) is 0 Å². The minimum atomic E-state index is -0.564. The van der Waals surface area contributed by atoms with Crippen LogP contribution in [0.25, 0.3) is 0 Å². The standard InChI is InChI=1S/C19H19ClN2O4/c1-25-16-7-6-15(11-17(16)26-2)22-9-8-21(18(23)19(22)24)12-13-4-3-5-14(20)10-13/h3-7,10-11H,8-9,12H2,1-2H3. The lowest BCUT2D eigenvalue weighted by Crippen LogP contribution is -2.54. The largest absolute Gasteiger partial charge is 0.493 e. The average molecular weight is 375 g/mol. The van der Waals surface area contributed by atoms with Crippen LogP contribution in [-0.4, -0.2) is 44.0 Å². The van der Waals surface area contributed by atoms with Crippen LogP contribution >= 0.6 is 11.6 Å². The molecule has 1 fully saturated rings. The van der Waals surface area contributed by atoms with E-state index in [4.69, 9.17) is 21.1 Å². The topological polar surface area (TPSA) is 59.1 Å². The van der Waals surface area contributed by atoms with E-state index in [9.17, 15) is 9.59 Å². The SMILES string of the molecule is COc1ccc(N2CCN(Cc3cccc(Cl)c3)C(=O)C2=O)cc1OC. The molecule has 1 heterocycles. The van der Waals surface area contributed by atoms with E-state index in [0.717, 1.165) is 5.56 Å². The second-order valence-corrected chi connectivity index (χ2v) is 6.29. The van der Waals surface area contributed by atoms with Gasteiger partial charge in [-0.05, 0) is 29.8 Å². The van der Waals surface area contributed by atoms with Crippen LogP contribution in [0.2, 0.25) is 5.02 Å². The number of ether oxygens (including phenoxy) is 2. The Kier molecular flexibility index (Phi) is 5.32. The molecule has 1 aliphatic rings. The molecule has 26 heavy (non-hydrogen) atoms. The van der Waals surface area contributed by atoms with Crippen molar-refractivity contribution in [1.82, 2.24) is 4.90 Å². The van der Waals surface area contributed by atoms with E-state index in [1.165, 1.54) is 16.9 Å². The third-order valence-electron chi connectivity index (χ3n) is 4.25. The highest BCUT2D eigenvalue weighted by molar-refractivity contribution is 6.41. The number of halogens is 1. The summed E-state index contributed by atoms with van der Waals surface area (Å²) in [7, 11) is 3.07. The third-order valence-corrected chi connectivity index (χ3v) is 4.49. The van der Waals surface area contributed by atoms with Crippen LogP contribution in [0.3, 0.4) is 0 Å². The molecule has 0 radical (unpaired) electrons. The Bertz CT molecular complexity index is 840. The zero-order chi connectivity index (χ0) is 18.7. The van der Waals surface area contributed by atoms with E-state index in [-0.39, 0.29) is 0 Å². The highest BCUT2D eigenvalue weighted by Crippen LogP contribution is 2.32. The average Bonchev–Trinajstić information content (AvgIpc) is 2.65. The highest BCUT2D eigenvalue weighted by atomic mass is 35.5. The minimum Gasteiger partial charge on any atom is -0.493 e. The first kappa shape index (κ1) is 18.1. The fraction of sp³-hybridized carbons (Fsp3) is 0.263. The van der Waals surface area contributed by atoms with Crippen LogP contribution < -0.4 is 14.4 Å². The predicted octanol–water partition coefficient (Wildman–Crippen LogP) is 2.73. The number of hydrogen-bond donors (Lipinski definition) is 0. The molecule has 136 valence electrons. The molecule has 0 aromatic heterocycles. The molecule has 3 rings (SSSR count). The second kappa shape index (κ2) is 7.66. The van der Waals surface area contributed by atoms with Crippen LogP contribution in [0.15, 0.2) is 42.5 Å². The molecular formula is C19H19ClN2O4. The third kappa shape index (κ3) is 3.60. The molecule has 1 aliphatic heterocycles. The molecule has 0 atom stereocenters. The normalized spacial score (nSPS) is 14.6. The van der Waals surface area contributed by atoms with E-state index in [0.29, 0.717) is 41.8 Å². The Hall–Kier alpha value is -2.73. The van der Waals surface area contributed by atoms with Crippen molar-refractivity contribution in [2.75, 3.05) is 32.2 Å². The van der Waals surface area contributed by atoms with Crippen LogP contribution in [0, 0.1) is 0 Å². The molecule has 2 aromatic carbocycles. The van der Waals surface area contributed by atoms with Gasteiger partial charge >= 0.3 is 11.8 Å². The Morgan fingerprint density at radius 2 is 1.73 bits per heavy atom. The van der Waals surface area contributed by atoms with Gasteiger partial charge in [0.25, 0.3) is 0 Å². The molecule has 2 amide bonds. The van der Waals surface area contributed by atoms with Gasteiger partial charge in [0.2, 0.25) is 0 Å². The van der Waals surface area contributed by atoms with Gasteiger partial charge in [-0.25, -0.2) is 0 Å². The van der Waals surface area contributed by atoms with Crippen molar-refractivity contribution in [2.24, 2.45) is 0 Å². The molecule has 0 unspecified atom stereocenters. The first-order valence-electron chi connectivity index (χ1n) is 8.10. The van der Waals surface area contributed by atoms with Crippen molar-refractivity contribution < 1.29 is 19.1 Å². The zero-order valence-corrected chi connectivity index (χ0v) is 15.3. The van der Waals surface area contributed by atoms with Gasteiger partial charge < -0.3 is 19.3 Å². The number of carbonyl (C=O) groups is 2. The molecular weight excluding hydrogens is 356 g/mol. The summed E-state index contributed by atoms with van der Waals surface area (Å²) < 4.78 is 10.5. The highest BCUT2D eigenvalue weighted by Gasteiger charge is 2.33. The quantitative estimate of drug-likeness (QED) is 0.755. The van der Waals surface area contributed by atoms with Crippen molar-refractivity contribution in [3.8, 4) is 11.5 Å². The molecule has 0 N–H and O–H groups in total. The van der Waals surface area contributed by atoms with E-state index in [2.05, 4.69) is 0 Å². The lowest BCUT2D eigenvalue weighted by molar-refractivity contribution is -0.146. The first-order chi connectivity index (χ1) is 12.5. The minimum absolute atomic E-state index is 0.352. The molecule has 0 bridgehead atoms. The van der Waals surface area contributed by atoms with E-state index in [1.54, 1.807) is 37.4 Å². The van der Waals surface area contributed by atoms with Crippen LogP contribution in [0.1, 0.15) is 5.56 Å². The summed E-state index contributed by atoms with van der Waals surface area (Å²) in [4.78, 5) is 28.1. The fourth-order valence-electron chi connectivity index (χ4n) is 2.92. The predicted molar refractivity (Wildman–Crippen MR) is 98.8 cm³/mol. The molecule has 0 spiro atoms. The summed E-state index contributed by atoms with van der Waals surface area (Å²) in [5, 5.41) is 0.602. The Morgan fingerprint density at radius 1 is 0.962 bits per heavy atom. The van der Waals surface area contributed by atoms with Crippen LogP contribution in [-0.2, 0) is 16.1 Å². The maximum atomic E-state index is 12.6. The van der Waals surface area contributed by atoms with Gasteiger partial charge in [-0.15, -0.1) is 0 Å². The summed E-state index contributed by atoms with van der Waals surface area (Å²) >= 11 is 5.98. The Morgan fingerprint density at radius 3 is 2.42 bits per heavy atom. The Labute approximate surface area is 156 Å². The smallest absolute Gasteiger partial charge is 0.316 e. The number of rotatable bonds is 5. The van der Waals surface area contributed by atoms with Gasteiger partial charge in [-0.3, -0.25) is 9.59 Å². The number of methoxy groups -OCH3 is 2. The van der Waals surface area contributed by atoms with Crippen LogP contribution in [0.5, 0.6) is 11.5 Å². The lowest BCUT2D eigenvalue weighted by atomic mass is 10.1. The monoisotopic (exact) mass is 374 g/mol. The number of piperazine rings is 1. The van der Waals surface area contributed by atoms with E-state index in [1.807, 2.05) is 12.1 Å². The van der Waals surface area contributed by atoms with Gasteiger partial charge in [0.05, 0.1) is 14.2 Å². The number of benzene rings is 2. The van der Waals surface area contributed by atoms with Crippen molar-refractivity contribution in [1.29, 1.82) is 0 Å². The van der Waals surface area contributed by atoms with Crippen molar-refractivity contribution in [3.05, 3.63) is 53.1 Å². The summed E-state index contributed by atoms with van der Waals surface area (Å²) in [6.07, 6.45) is 0. The van der Waals surface area contributed by atoms with Crippen LogP contribution in [0.4, 0.5) is 5.69 Å². The zero-order valence-electron chi connectivity index (χ0n) is 14.6. The van der Waals surface area contributed by atoms with Gasteiger partial charge in [-0.1, -0.05) is 23.7 Å². The summed E-state index contributed by atoms with van der Waals surface area (Å²) in [5.74, 6) is -0.0299. The van der Waals surface area contributed by atoms with E-state index >= 15 is 0 Å². The molecule has 2 aromatic rings. The van der Waals surface area contributed by atoms with E-state index < -0.39 is 11.8 Å². The van der Waals surface area contributed by atoms with Crippen molar-refractivity contribution in [2.45, 2.75) is 6.54 Å². The number of amides is 2. The molecule has 6 nitrogen and oxygen atoms in total.